The molecule has 1 unspecified atom stereocenters. The number of rotatable bonds is 1. The van der Waals surface area contributed by atoms with Gasteiger partial charge in [-0.1, -0.05) is 34.8 Å². The Labute approximate surface area is 86.7 Å². The summed E-state index contributed by atoms with van der Waals surface area (Å²) in [5, 5.41) is 0.190. The molecule has 0 aromatic heterocycles. The van der Waals surface area contributed by atoms with E-state index in [1.54, 1.807) is 0 Å². The summed E-state index contributed by atoms with van der Waals surface area (Å²) in [4.78, 5) is -0.161. The van der Waals surface area contributed by atoms with Gasteiger partial charge in [0.15, 0.2) is 0 Å². The summed E-state index contributed by atoms with van der Waals surface area (Å²) >= 11 is 14.2. The molecule has 0 spiro atoms. The van der Waals surface area contributed by atoms with E-state index in [2.05, 4.69) is 0 Å². The van der Waals surface area contributed by atoms with Gasteiger partial charge in [0.2, 0.25) is 0 Å². The molecule has 1 atom stereocenters. The molecular formula is C6H2Cl3O2S-. The predicted octanol–water partition coefficient (Wildman–Crippen LogP) is 2.88. The van der Waals surface area contributed by atoms with Gasteiger partial charge in [0, 0.05) is 0 Å². The first-order valence-electron chi connectivity index (χ1n) is 2.77. The van der Waals surface area contributed by atoms with Crippen LogP contribution in [-0.4, -0.2) is 8.76 Å². The van der Waals surface area contributed by atoms with Gasteiger partial charge in [-0.15, -0.1) is 0 Å². The van der Waals surface area contributed by atoms with Gasteiger partial charge < -0.3 is 4.55 Å². The minimum atomic E-state index is -2.46. The van der Waals surface area contributed by atoms with E-state index < -0.39 is 11.1 Å². The van der Waals surface area contributed by atoms with Crippen molar-refractivity contribution in [3.63, 3.8) is 0 Å². The van der Waals surface area contributed by atoms with E-state index in [4.69, 9.17) is 34.8 Å². The summed E-state index contributed by atoms with van der Waals surface area (Å²) in [5.74, 6) is 0. The maximum absolute atomic E-state index is 10.6. The topological polar surface area (TPSA) is 40.1 Å². The first-order valence-corrected chi connectivity index (χ1v) is 4.97. The molecule has 2 nitrogen and oxygen atoms in total. The van der Waals surface area contributed by atoms with Gasteiger partial charge in [0.1, 0.15) is 0 Å². The highest BCUT2D eigenvalue weighted by Crippen LogP contribution is 2.33. The lowest BCUT2D eigenvalue weighted by atomic mass is 10.4. The Morgan fingerprint density at radius 2 is 1.67 bits per heavy atom. The van der Waals surface area contributed by atoms with Crippen LogP contribution < -0.4 is 0 Å². The first kappa shape index (κ1) is 10.3. The van der Waals surface area contributed by atoms with Gasteiger partial charge in [0.05, 0.1) is 20.0 Å². The van der Waals surface area contributed by atoms with Crippen LogP contribution in [0.25, 0.3) is 0 Å². The molecule has 0 fully saturated rings. The number of hydrogen-bond donors (Lipinski definition) is 0. The molecule has 1 aromatic carbocycles. The maximum atomic E-state index is 10.6. The Morgan fingerprint density at radius 3 is 2.08 bits per heavy atom. The Bertz CT molecular complexity index is 340. The summed E-state index contributed by atoms with van der Waals surface area (Å²) in [6.07, 6.45) is 0. The van der Waals surface area contributed by atoms with Crippen molar-refractivity contribution in [2.45, 2.75) is 4.90 Å². The fourth-order valence-corrected chi connectivity index (χ4v) is 2.11. The van der Waals surface area contributed by atoms with Gasteiger partial charge in [-0.25, -0.2) is 0 Å². The Kier molecular flexibility index (Phi) is 3.37. The SMILES string of the molecule is O=S([O-])c1c(Cl)ccc(Cl)c1Cl. The fourth-order valence-electron chi connectivity index (χ4n) is 0.661. The Balaban J connectivity index is 3.43. The van der Waals surface area contributed by atoms with Crippen molar-refractivity contribution < 1.29 is 8.76 Å². The first-order chi connectivity index (χ1) is 5.54. The van der Waals surface area contributed by atoms with Crippen molar-refractivity contribution >= 4 is 45.9 Å². The molecule has 6 heteroatoms. The second-order valence-electron chi connectivity index (χ2n) is 1.91. The summed E-state index contributed by atoms with van der Waals surface area (Å²) in [7, 11) is 0. The van der Waals surface area contributed by atoms with Crippen LogP contribution >= 0.6 is 34.8 Å². The van der Waals surface area contributed by atoms with Crippen molar-refractivity contribution in [3.05, 3.63) is 27.2 Å². The third-order valence-corrected chi connectivity index (χ3v) is 3.27. The molecule has 0 aliphatic rings. The van der Waals surface area contributed by atoms with Gasteiger partial charge in [-0.3, -0.25) is 4.21 Å². The molecular weight excluding hydrogens is 242 g/mol. The van der Waals surface area contributed by atoms with Crippen LogP contribution in [-0.2, 0) is 11.1 Å². The van der Waals surface area contributed by atoms with Gasteiger partial charge in [-0.05, 0) is 23.2 Å². The average Bonchev–Trinajstić information content (AvgIpc) is 1.97. The van der Waals surface area contributed by atoms with Crippen molar-refractivity contribution in [2.24, 2.45) is 0 Å². The van der Waals surface area contributed by atoms with Crippen molar-refractivity contribution in [1.29, 1.82) is 0 Å². The van der Waals surface area contributed by atoms with Gasteiger partial charge >= 0.3 is 0 Å². The summed E-state index contributed by atoms with van der Waals surface area (Å²) in [6, 6.07) is 2.81. The number of benzene rings is 1. The van der Waals surface area contributed by atoms with Crippen LogP contribution in [0.15, 0.2) is 17.0 Å². The van der Waals surface area contributed by atoms with Gasteiger partial charge in [-0.2, -0.15) is 0 Å². The van der Waals surface area contributed by atoms with E-state index in [0.29, 0.717) is 0 Å². The molecule has 0 heterocycles. The lowest BCUT2D eigenvalue weighted by Crippen LogP contribution is -1.91. The zero-order valence-electron chi connectivity index (χ0n) is 5.51. The standard InChI is InChI=1S/C6H3Cl3O2S/c7-3-1-2-4(8)6(5(3)9)12(10)11/h1-2H,(H,10,11)/p-1. The zero-order valence-corrected chi connectivity index (χ0v) is 8.60. The molecule has 0 N–H and O–H groups in total. The molecule has 0 saturated heterocycles. The predicted molar refractivity (Wildman–Crippen MR) is 48.7 cm³/mol. The smallest absolute Gasteiger partial charge is 0.0757 e. The van der Waals surface area contributed by atoms with E-state index in [1.807, 2.05) is 0 Å². The van der Waals surface area contributed by atoms with Gasteiger partial charge in [0.25, 0.3) is 0 Å². The molecule has 66 valence electrons. The molecule has 0 radical (unpaired) electrons. The molecule has 0 aliphatic heterocycles. The zero-order chi connectivity index (χ0) is 9.30. The Morgan fingerprint density at radius 1 is 1.17 bits per heavy atom. The second-order valence-corrected chi connectivity index (χ2v) is 3.98. The van der Waals surface area contributed by atoms with E-state index in [0.717, 1.165) is 0 Å². The lowest BCUT2D eigenvalue weighted by Gasteiger charge is -2.10. The summed E-state index contributed by atoms with van der Waals surface area (Å²) in [6.45, 7) is 0. The minimum Gasteiger partial charge on any atom is -0.768 e. The molecule has 0 aliphatic carbocycles. The number of halogens is 3. The quantitative estimate of drug-likeness (QED) is 0.563. The van der Waals surface area contributed by atoms with E-state index in [-0.39, 0.29) is 20.0 Å². The average molecular weight is 245 g/mol. The normalized spacial score (nSPS) is 13.0. The van der Waals surface area contributed by atoms with E-state index in [1.165, 1.54) is 12.1 Å². The molecule has 1 aromatic rings. The largest absolute Gasteiger partial charge is 0.768 e. The van der Waals surface area contributed by atoms with Crippen LogP contribution in [0.1, 0.15) is 0 Å². The third-order valence-electron chi connectivity index (χ3n) is 1.17. The van der Waals surface area contributed by atoms with Crippen LogP contribution in [0.5, 0.6) is 0 Å². The second kappa shape index (κ2) is 3.94. The monoisotopic (exact) mass is 243 g/mol. The van der Waals surface area contributed by atoms with E-state index in [9.17, 15) is 8.76 Å². The summed E-state index contributed by atoms with van der Waals surface area (Å²) in [5.41, 5.74) is 0. The third kappa shape index (κ3) is 1.92. The minimum absolute atomic E-state index is 0.0440. The lowest BCUT2D eigenvalue weighted by molar-refractivity contribution is 0.537. The summed E-state index contributed by atoms with van der Waals surface area (Å²) < 4.78 is 21.1. The highest BCUT2D eigenvalue weighted by Gasteiger charge is 2.09. The van der Waals surface area contributed by atoms with E-state index >= 15 is 0 Å². The fraction of sp³-hybridized carbons (Fsp3) is 0. The molecule has 12 heavy (non-hydrogen) atoms. The number of hydrogen-bond acceptors (Lipinski definition) is 2. The highest BCUT2D eigenvalue weighted by molar-refractivity contribution is 7.79. The van der Waals surface area contributed by atoms with Crippen molar-refractivity contribution in [2.75, 3.05) is 0 Å². The van der Waals surface area contributed by atoms with Crippen molar-refractivity contribution in [3.8, 4) is 0 Å². The molecule has 0 amide bonds. The highest BCUT2D eigenvalue weighted by atomic mass is 35.5. The van der Waals surface area contributed by atoms with Crippen LogP contribution in [0.4, 0.5) is 0 Å². The molecule has 0 bridgehead atoms. The van der Waals surface area contributed by atoms with Crippen LogP contribution in [0.3, 0.4) is 0 Å². The molecule has 0 saturated carbocycles. The van der Waals surface area contributed by atoms with Crippen LogP contribution in [0, 0.1) is 0 Å². The van der Waals surface area contributed by atoms with Crippen LogP contribution in [0.2, 0.25) is 15.1 Å². The Hall–Kier alpha value is 0.200. The van der Waals surface area contributed by atoms with Crippen molar-refractivity contribution in [1.82, 2.24) is 0 Å². The maximum Gasteiger partial charge on any atom is 0.0757 e. The molecule has 1 rings (SSSR count).